The summed E-state index contributed by atoms with van der Waals surface area (Å²) in [5.74, 6) is 1.33. The van der Waals surface area contributed by atoms with Gasteiger partial charge in [0.05, 0.1) is 6.10 Å². The summed E-state index contributed by atoms with van der Waals surface area (Å²) in [6.07, 6.45) is 1.21. The molecule has 2 aromatic rings. The van der Waals surface area contributed by atoms with E-state index in [2.05, 4.69) is 15.1 Å². The molecular weight excluding hydrogens is 218 g/mol. The number of aryl methyl sites for hydroxylation is 1. The number of aliphatic hydroxyl groups excluding tert-OH is 1. The number of nitrogens with zero attached hydrogens (tertiary/aromatic N) is 3. The third-order valence-electron chi connectivity index (χ3n) is 3.02. The number of hydrogen-bond donors (Lipinski definition) is 1. The third-order valence-corrected chi connectivity index (χ3v) is 3.02. The molecule has 17 heavy (non-hydrogen) atoms. The van der Waals surface area contributed by atoms with Gasteiger partial charge in [0.1, 0.15) is 5.69 Å². The number of hydrogen-bond acceptors (Lipinski definition) is 5. The molecule has 0 spiro atoms. The Bertz CT molecular complexity index is 532. The highest BCUT2D eigenvalue weighted by Gasteiger charge is 2.33. The molecule has 3 rings (SSSR count). The van der Waals surface area contributed by atoms with Crippen LogP contribution in [0.5, 0.6) is 0 Å². The van der Waals surface area contributed by atoms with Gasteiger partial charge in [-0.3, -0.25) is 0 Å². The highest BCUT2D eigenvalue weighted by Crippen LogP contribution is 2.36. The predicted octanol–water partition coefficient (Wildman–Crippen LogP) is 1.68. The van der Waals surface area contributed by atoms with E-state index in [1.165, 1.54) is 0 Å². The van der Waals surface area contributed by atoms with Gasteiger partial charge in [0.25, 0.3) is 0 Å². The highest BCUT2D eigenvalue weighted by atomic mass is 16.5. The Kier molecular flexibility index (Phi) is 2.40. The fourth-order valence-electron chi connectivity index (χ4n) is 1.96. The van der Waals surface area contributed by atoms with Crippen LogP contribution >= 0.6 is 0 Å². The Labute approximate surface area is 98.5 Å². The van der Waals surface area contributed by atoms with Crippen LogP contribution in [0.2, 0.25) is 0 Å². The van der Waals surface area contributed by atoms with Gasteiger partial charge in [0.2, 0.25) is 11.7 Å². The Morgan fingerprint density at radius 1 is 1.29 bits per heavy atom. The Hall–Kier alpha value is -1.75. The van der Waals surface area contributed by atoms with Crippen LogP contribution in [0, 0.1) is 6.92 Å². The van der Waals surface area contributed by atoms with Crippen LogP contribution in [0.1, 0.15) is 30.3 Å². The van der Waals surface area contributed by atoms with Crippen LogP contribution in [-0.4, -0.2) is 26.3 Å². The van der Waals surface area contributed by atoms with Crippen molar-refractivity contribution in [3.63, 3.8) is 0 Å². The average molecular weight is 231 g/mol. The first-order chi connectivity index (χ1) is 8.22. The highest BCUT2D eigenvalue weighted by molar-refractivity contribution is 5.48. The fourth-order valence-corrected chi connectivity index (χ4v) is 1.96. The van der Waals surface area contributed by atoms with E-state index in [-0.39, 0.29) is 12.0 Å². The molecule has 1 aliphatic carbocycles. The molecule has 1 saturated carbocycles. The fraction of sp³-hybridized carbons (Fsp3) is 0.417. The van der Waals surface area contributed by atoms with E-state index in [4.69, 9.17) is 4.52 Å². The lowest BCUT2D eigenvalue weighted by Gasteiger charge is -2.27. The van der Waals surface area contributed by atoms with Gasteiger partial charge < -0.3 is 9.63 Å². The van der Waals surface area contributed by atoms with Gasteiger partial charge in [-0.1, -0.05) is 11.2 Å². The molecule has 88 valence electrons. The molecule has 5 nitrogen and oxygen atoms in total. The number of rotatable bonds is 2. The molecule has 1 N–H and O–H groups in total. The summed E-state index contributed by atoms with van der Waals surface area (Å²) in [4.78, 5) is 8.67. The van der Waals surface area contributed by atoms with Crippen LogP contribution in [0.25, 0.3) is 11.5 Å². The van der Waals surface area contributed by atoms with Crippen molar-refractivity contribution >= 4 is 0 Å². The minimum absolute atomic E-state index is 0.205. The minimum atomic E-state index is -0.215. The Morgan fingerprint density at radius 2 is 2.12 bits per heavy atom. The molecule has 2 aromatic heterocycles. The zero-order valence-electron chi connectivity index (χ0n) is 9.50. The van der Waals surface area contributed by atoms with Crippen LogP contribution < -0.4 is 0 Å². The quantitative estimate of drug-likeness (QED) is 0.851. The Morgan fingerprint density at radius 3 is 2.82 bits per heavy atom. The van der Waals surface area contributed by atoms with E-state index in [9.17, 15) is 5.11 Å². The number of pyridine rings is 1. The third kappa shape index (κ3) is 1.93. The SMILES string of the molecule is Cc1cccc(-c2noc(C3CC(O)C3)n2)n1. The monoisotopic (exact) mass is 231 g/mol. The predicted molar refractivity (Wildman–Crippen MR) is 60.2 cm³/mol. The molecule has 2 heterocycles. The summed E-state index contributed by atoms with van der Waals surface area (Å²) in [6, 6.07) is 5.70. The molecule has 0 radical (unpaired) electrons. The topological polar surface area (TPSA) is 72.0 Å². The largest absolute Gasteiger partial charge is 0.393 e. The summed E-state index contributed by atoms with van der Waals surface area (Å²) in [7, 11) is 0. The van der Waals surface area contributed by atoms with Crippen LogP contribution in [0.3, 0.4) is 0 Å². The summed E-state index contributed by atoms with van der Waals surface area (Å²) < 4.78 is 5.20. The molecule has 0 amide bonds. The van der Waals surface area contributed by atoms with Crippen molar-refractivity contribution in [2.24, 2.45) is 0 Å². The minimum Gasteiger partial charge on any atom is -0.393 e. The van der Waals surface area contributed by atoms with Gasteiger partial charge in [-0.25, -0.2) is 4.98 Å². The molecule has 0 aromatic carbocycles. The average Bonchev–Trinajstić information content (AvgIpc) is 2.74. The van der Waals surface area contributed by atoms with Crippen molar-refractivity contribution in [1.82, 2.24) is 15.1 Å². The van der Waals surface area contributed by atoms with Crippen LogP contribution in [0.15, 0.2) is 22.7 Å². The maximum Gasteiger partial charge on any atom is 0.230 e. The smallest absolute Gasteiger partial charge is 0.230 e. The summed E-state index contributed by atoms with van der Waals surface area (Å²) in [5.41, 5.74) is 1.65. The second-order valence-corrected chi connectivity index (χ2v) is 4.44. The van der Waals surface area contributed by atoms with E-state index in [1.807, 2.05) is 25.1 Å². The van der Waals surface area contributed by atoms with Crippen LogP contribution in [-0.2, 0) is 0 Å². The molecule has 1 fully saturated rings. The summed E-state index contributed by atoms with van der Waals surface area (Å²) in [5, 5.41) is 13.2. The van der Waals surface area contributed by atoms with Crippen molar-refractivity contribution in [3.05, 3.63) is 29.8 Å². The zero-order chi connectivity index (χ0) is 11.8. The van der Waals surface area contributed by atoms with Crippen LogP contribution in [0.4, 0.5) is 0 Å². The first kappa shape index (κ1) is 10.4. The number of aliphatic hydroxyl groups is 1. The van der Waals surface area contributed by atoms with Gasteiger partial charge in [-0.05, 0) is 31.9 Å². The molecular formula is C12H13N3O2. The first-order valence-corrected chi connectivity index (χ1v) is 5.68. The van der Waals surface area contributed by atoms with E-state index >= 15 is 0 Å². The van der Waals surface area contributed by atoms with Gasteiger partial charge in [0.15, 0.2) is 0 Å². The maximum absolute atomic E-state index is 9.24. The number of aromatic nitrogens is 3. The molecule has 0 aliphatic heterocycles. The van der Waals surface area contributed by atoms with E-state index in [1.54, 1.807) is 0 Å². The van der Waals surface area contributed by atoms with Crippen molar-refractivity contribution < 1.29 is 9.63 Å². The van der Waals surface area contributed by atoms with Crippen molar-refractivity contribution in [1.29, 1.82) is 0 Å². The maximum atomic E-state index is 9.24. The normalized spacial score (nSPS) is 23.4. The Balaban J connectivity index is 1.85. The van der Waals surface area contributed by atoms with E-state index in [0.29, 0.717) is 24.6 Å². The molecule has 0 atom stereocenters. The molecule has 0 bridgehead atoms. The lowest BCUT2D eigenvalue weighted by molar-refractivity contribution is 0.0625. The van der Waals surface area contributed by atoms with Crippen molar-refractivity contribution in [3.8, 4) is 11.5 Å². The van der Waals surface area contributed by atoms with Gasteiger partial charge in [0, 0.05) is 11.6 Å². The standard InChI is InChI=1S/C12H13N3O2/c1-7-3-2-4-10(13-7)11-14-12(17-15-11)8-5-9(16)6-8/h2-4,8-9,16H,5-6H2,1H3. The van der Waals surface area contributed by atoms with E-state index in [0.717, 1.165) is 11.4 Å². The van der Waals surface area contributed by atoms with Gasteiger partial charge in [-0.15, -0.1) is 0 Å². The zero-order valence-corrected chi connectivity index (χ0v) is 9.50. The van der Waals surface area contributed by atoms with Crippen molar-refractivity contribution in [2.45, 2.75) is 31.8 Å². The van der Waals surface area contributed by atoms with Crippen molar-refractivity contribution in [2.75, 3.05) is 0 Å². The van der Waals surface area contributed by atoms with E-state index < -0.39 is 0 Å². The van der Waals surface area contributed by atoms with Gasteiger partial charge >= 0.3 is 0 Å². The summed E-state index contributed by atoms with van der Waals surface area (Å²) in [6.45, 7) is 1.92. The second kappa shape index (κ2) is 3.92. The lowest BCUT2D eigenvalue weighted by atomic mass is 9.82. The van der Waals surface area contributed by atoms with Gasteiger partial charge in [-0.2, -0.15) is 4.98 Å². The lowest BCUT2D eigenvalue weighted by Crippen LogP contribution is -2.26. The second-order valence-electron chi connectivity index (χ2n) is 4.44. The molecule has 0 unspecified atom stereocenters. The molecule has 1 aliphatic rings. The first-order valence-electron chi connectivity index (χ1n) is 5.68. The molecule has 5 heteroatoms. The molecule has 0 saturated heterocycles. The summed E-state index contributed by atoms with van der Waals surface area (Å²) >= 11 is 0.